The zero-order valence-electron chi connectivity index (χ0n) is 18.0. The van der Waals surface area contributed by atoms with Gasteiger partial charge in [-0.2, -0.15) is 0 Å². The zero-order chi connectivity index (χ0) is 23.1. The summed E-state index contributed by atoms with van der Waals surface area (Å²) in [6.07, 6.45) is 0.901. The lowest BCUT2D eigenvalue weighted by molar-refractivity contribution is -0.142. The van der Waals surface area contributed by atoms with Gasteiger partial charge in [0.1, 0.15) is 11.8 Å². The van der Waals surface area contributed by atoms with Crippen molar-refractivity contribution in [2.24, 2.45) is 0 Å². The molecule has 0 radical (unpaired) electrons. The average Bonchev–Trinajstić information content (AvgIpc) is 2.72. The van der Waals surface area contributed by atoms with Crippen molar-refractivity contribution in [3.05, 3.63) is 62.0 Å². The van der Waals surface area contributed by atoms with Crippen molar-refractivity contribution in [2.75, 3.05) is 6.61 Å². The molecule has 2 rings (SSSR count). The fourth-order valence-electron chi connectivity index (χ4n) is 2.93. The zero-order valence-corrected chi connectivity index (χ0v) is 21.1. The Balaban J connectivity index is 2.20. The number of carbonyl (C=O) groups is 2. The van der Waals surface area contributed by atoms with Gasteiger partial charge in [-0.25, -0.2) is 0 Å². The Labute approximate surface area is 202 Å². The third-order valence-electron chi connectivity index (χ3n) is 4.69. The summed E-state index contributed by atoms with van der Waals surface area (Å²) in [6, 6.07) is 10.2. The van der Waals surface area contributed by atoms with Crippen LogP contribution in [0.4, 0.5) is 0 Å². The first-order valence-corrected chi connectivity index (χ1v) is 11.6. The molecule has 0 heterocycles. The summed E-state index contributed by atoms with van der Waals surface area (Å²) >= 11 is 15.6. The number of benzene rings is 2. The number of hydrogen-bond acceptors (Lipinski definition) is 3. The third kappa shape index (κ3) is 7.41. The third-order valence-corrected chi connectivity index (χ3v) is 6.05. The van der Waals surface area contributed by atoms with Crippen molar-refractivity contribution in [3.63, 3.8) is 0 Å². The maximum atomic E-state index is 13.1. The number of amides is 2. The monoisotopic (exact) mass is 528 g/mol. The van der Waals surface area contributed by atoms with Gasteiger partial charge >= 0.3 is 0 Å². The normalized spacial score (nSPS) is 11.9. The minimum absolute atomic E-state index is 0.0406. The summed E-state index contributed by atoms with van der Waals surface area (Å²) in [5, 5.41) is 3.67. The van der Waals surface area contributed by atoms with Crippen molar-refractivity contribution in [2.45, 2.75) is 52.7 Å². The van der Waals surface area contributed by atoms with Crippen molar-refractivity contribution in [3.8, 4) is 5.75 Å². The summed E-state index contributed by atoms with van der Waals surface area (Å²) in [4.78, 5) is 27.2. The lowest BCUT2D eigenvalue weighted by Gasteiger charge is -2.29. The molecule has 0 aliphatic carbocycles. The lowest BCUT2D eigenvalue weighted by Crippen LogP contribution is -2.50. The van der Waals surface area contributed by atoms with Crippen LogP contribution in [0.5, 0.6) is 5.75 Å². The highest BCUT2D eigenvalue weighted by atomic mass is 79.9. The highest BCUT2D eigenvalue weighted by Gasteiger charge is 2.27. The Bertz CT molecular complexity index is 937. The minimum atomic E-state index is -0.695. The van der Waals surface area contributed by atoms with Gasteiger partial charge in [0.05, 0.1) is 14.5 Å². The Morgan fingerprint density at radius 1 is 1.06 bits per heavy atom. The number of carbonyl (C=O) groups excluding carboxylic acids is 2. The standard InChI is InChI=1S/C23H27BrCl2N2O3/c1-5-16-7-9-21(18(24)10-16)31-13-22(29)28(15(4)23(30)27-14(2)3)12-17-6-8-19(25)20(26)11-17/h6-11,14-15H,5,12-13H2,1-4H3,(H,27,30)/t15-/m1/s1. The summed E-state index contributed by atoms with van der Waals surface area (Å²) in [5.74, 6) is 0.0140. The summed E-state index contributed by atoms with van der Waals surface area (Å²) in [6.45, 7) is 7.49. The van der Waals surface area contributed by atoms with Crippen LogP contribution in [0.15, 0.2) is 40.9 Å². The molecule has 31 heavy (non-hydrogen) atoms. The van der Waals surface area contributed by atoms with Gasteiger partial charge in [-0.15, -0.1) is 0 Å². The molecule has 1 N–H and O–H groups in total. The van der Waals surface area contributed by atoms with Crippen LogP contribution in [0, 0.1) is 0 Å². The van der Waals surface area contributed by atoms with Gasteiger partial charge in [-0.1, -0.05) is 42.3 Å². The number of hydrogen-bond donors (Lipinski definition) is 1. The van der Waals surface area contributed by atoms with Gasteiger partial charge in [0.15, 0.2) is 6.61 Å². The Kier molecular flexibility index (Phi) is 9.66. The van der Waals surface area contributed by atoms with Crippen LogP contribution in [-0.2, 0) is 22.6 Å². The molecule has 0 saturated heterocycles. The van der Waals surface area contributed by atoms with E-state index in [9.17, 15) is 9.59 Å². The smallest absolute Gasteiger partial charge is 0.261 e. The van der Waals surface area contributed by atoms with Gasteiger partial charge in [-0.05, 0) is 78.5 Å². The van der Waals surface area contributed by atoms with Gasteiger partial charge in [0.2, 0.25) is 5.91 Å². The van der Waals surface area contributed by atoms with E-state index in [1.807, 2.05) is 32.0 Å². The largest absolute Gasteiger partial charge is 0.483 e. The molecule has 8 heteroatoms. The van der Waals surface area contributed by atoms with Crippen molar-refractivity contribution in [1.29, 1.82) is 0 Å². The highest BCUT2D eigenvalue weighted by Crippen LogP contribution is 2.27. The topological polar surface area (TPSA) is 58.6 Å². The second-order valence-corrected chi connectivity index (χ2v) is 9.19. The molecule has 168 valence electrons. The second-order valence-electron chi connectivity index (χ2n) is 7.52. The van der Waals surface area contributed by atoms with Gasteiger partial charge < -0.3 is 15.0 Å². The Morgan fingerprint density at radius 2 is 1.74 bits per heavy atom. The number of nitrogens with one attached hydrogen (secondary N) is 1. The van der Waals surface area contributed by atoms with Crippen LogP contribution in [-0.4, -0.2) is 35.4 Å². The molecule has 2 aromatic rings. The predicted molar refractivity (Wildman–Crippen MR) is 129 cm³/mol. The Hall–Kier alpha value is -1.76. The van der Waals surface area contributed by atoms with E-state index in [0.29, 0.717) is 15.8 Å². The van der Waals surface area contributed by atoms with E-state index in [0.717, 1.165) is 22.0 Å². The van der Waals surface area contributed by atoms with Crippen molar-refractivity contribution < 1.29 is 14.3 Å². The molecule has 0 aliphatic rings. The molecule has 0 bridgehead atoms. The number of rotatable bonds is 9. The van der Waals surface area contributed by atoms with Crippen molar-refractivity contribution in [1.82, 2.24) is 10.2 Å². The van der Waals surface area contributed by atoms with E-state index in [-0.39, 0.29) is 31.0 Å². The molecule has 2 aromatic carbocycles. The molecule has 0 saturated carbocycles. The maximum absolute atomic E-state index is 13.1. The fourth-order valence-corrected chi connectivity index (χ4v) is 3.79. The number of halogens is 3. The molecule has 5 nitrogen and oxygen atoms in total. The van der Waals surface area contributed by atoms with Crippen LogP contribution in [0.2, 0.25) is 10.0 Å². The van der Waals surface area contributed by atoms with Crippen LogP contribution in [0.3, 0.4) is 0 Å². The molecule has 2 amide bonds. The summed E-state index contributed by atoms with van der Waals surface area (Å²) < 4.78 is 6.53. The van der Waals surface area contributed by atoms with E-state index in [1.54, 1.807) is 25.1 Å². The number of aryl methyl sites for hydroxylation is 1. The SMILES string of the molecule is CCc1ccc(OCC(=O)N(Cc2ccc(Cl)c(Cl)c2)[C@H](C)C(=O)NC(C)C)c(Br)c1. The molecular weight excluding hydrogens is 503 g/mol. The van der Waals surface area contributed by atoms with E-state index in [4.69, 9.17) is 27.9 Å². The van der Waals surface area contributed by atoms with Gasteiger partial charge in [-0.3, -0.25) is 9.59 Å². The highest BCUT2D eigenvalue weighted by molar-refractivity contribution is 9.10. The second kappa shape index (κ2) is 11.7. The minimum Gasteiger partial charge on any atom is -0.483 e. The van der Waals surface area contributed by atoms with Crippen LogP contribution in [0.1, 0.15) is 38.8 Å². The fraction of sp³-hybridized carbons (Fsp3) is 0.391. The van der Waals surface area contributed by atoms with Crippen LogP contribution in [0.25, 0.3) is 0 Å². The van der Waals surface area contributed by atoms with Crippen molar-refractivity contribution >= 4 is 50.9 Å². The van der Waals surface area contributed by atoms with Gasteiger partial charge in [0.25, 0.3) is 5.91 Å². The van der Waals surface area contributed by atoms with E-state index in [1.165, 1.54) is 4.90 Å². The number of nitrogens with zero attached hydrogens (tertiary/aromatic N) is 1. The first-order chi connectivity index (χ1) is 14.6. The quantitative estimate of drug-likeness (QED) is 0.457. The molecule has 0 unspecified atom stereocenters. The molecule has 0 spiro atoms. The van der Waals surface area contributed by atoms with E-state index < -0.39 is 6.04 Å². The molecule has 0 aromatic heterocycles. The average molecular weight is 530 g/mol. The van der Waals surface area contributed by atoms with Gasteiger partial charge in [0, 0.05) is 12.6 Å². The van der Waals surface area contributed by atoms with Crippen LogP contribution < -0.4 is 10.1 Å². The maximum Gasteiger partial charge on any atom is 0.261 e. The van der Waals surface area contributed by atoms with Crippen LogP contribution >= 0.6 is 39.1 Å². The molecular formula is C23H27BrCl2N2O3. The predicted octanol–water partition coefficient (Wildman–Crippen LogP) is 5.64. The first kappa shape index (κ1) is 25.5. The number of ether oxygens (including phenoxy) is 1. The van der Waals surface area contributed by atoms with E-state index >= 15 is 0 Å². The first-order valence-electron chi connectivity index (χ1n) is 10.1. The Morgan fingerprint density at radius 3 is 2.32 bits per heavy atom. The summed E-state index contributed by atoms with van der Waals surface area (Å²) in [5.41, 5.74) is 1.92. The molecule has 0 aliphatic heterocycles. The lowest BCUT2D eigenvalue weighted by atomic mass is 10.1. The molecule has 0 fully saturated rings. The van der Waals surface area contributed by atoms with E-state index in [2.05, 4.69) is 28.2 Å². The molecule has 1 atom stereocenters. The summed E-state index contributed by atoms with van der Waals surface area (Å²) in [7, 11) is 0.